The fraction of sp³-hybridized carbons (Fsp3) is 0.333. The highest BCUT2D eigenvalue weighted by molar-refractivity contribution is 5.97. The number of nitrogens with zero attached hydrogens (tertiary/aromatic N) is 3. The van der Waals surface area contributed by atoms with Crippen LogP contribution in [-0.2, 0) is 6.54 Å². The monoisotopic (exact) mass is 287 g/mol. The van der Waals surface area contributed by atoms with Crippen molar-refractivity contribution in [1.82, 2.24) is 9.78 Å². The lowest BCUT2D eigenvalue weighted by molar-refractivity contribution is -0.386. The molecule has 2 rings (SSSR count). The van der Waals surface area contributed by atoms with Crippen LogP contribution in [0, 0.1) is 37.8 Å². The zero-order valence-corrected chi connectivity index (χ0v) is 12.5. The molecule has 0 spiro atoms. The minimum atomic E-state index is -0.462. The number of hydrogen-bond acceptors (Lipinski definition) is 4. The first-order chi connectivity index (χ1) is 9.81. The first-order valence-electron chi connectivity index (χ1n) is 6.60. The van der Waals surface area contributed by atoms with Crippen molar-refractivity contribution in [2.75, 3.05) is 0 Å². The van der Waals surface area contributed by atoms with Crippen molar-refractivity contribution < 1.29 is 9.72 Å². The van der Waals surface area contributed by atoms with Crippen molar-refractivity contribution in [2.24, 2.45) is 0 Å². The Hall–Kier alpha value is -2.50. The van der Waals surface area contributed by atoms with Crippen molar-refractivity contribution in [3.8, 4) is 0 Å². The van der Waals surface area contributed by atoms with Crippen LogP contribution in [0.1, 0.15) is 32.9 Å². The number of carbonyl (C=O) groups is 1. The Morgan fingerprint density at radius 3 is 2.52 bits per heavy atom. The van der Waals surface area contributed by atoms with E-state index in [-0.39, 0.29) is 18.0 Å². The van der Waals surface area contributed by atoms with Crippen molar-refractivity contribution in [2.45, 2.75) is 34.2 Å². The summed E-state index contributed by atoms with van der Waals surface area (Å²) < 4.78 is 1.40. The third-order valence-electron chi connectivity index (χ3n) is 3.51. The van der Waals surface area contributed by atoms with Crippen molar-refractivity contribution in [3.05, 3.63) is 56.4 Å². The van der Waals surface area contributed by atoms with Gasteiger partial charge in [0.2, 0.25) is 0 Å². The van der Waals surface area contributed by atoms with Crippen molar-refractivity contribution in [3.63, 3.8) is 0 Å². The number of Topliss-reactive ketones (excluding diaryl/α,β-unsaturated/α-hetero) is 1. The smallest absolute Gasteiger partial charge is 0.292 e. The van der Waals surface area contributed by atoms with Gasteiger partial charge in [-0.15, -0.1) is 0 Å². The van der Waals surface area contributed by atoms with Crippen molar-refractivity contribution >= 4 is 11.5 Å². The maximum Gasteiger partial charge on any atom is 0.312 e. The number of aryl methyl sites for hydroxylation is 3. The average molecular weight is 287 g/mol. The lowest BCUT2D eigenvalue weighted by Crippen LogP contribution is -2.14. The van der Waals surface area contributed by atoms with Gasteiger partial charge in [0.15, 0.2) is 5.78 Å². The Morgan fingerprint density at radius 1 is 1.29 bits per heavy atom. The summed E-state index contributed by atoms with van der Waals surface area (Å²) in [5.41, 5.74) is 3.22. The highest BCUT2D eigenvalue weighted by Crippen LogP contribution is 2.22. The van der Waals surface area contributed by atoms with Gasteiger partial charge in [-0.2, -0.15) is 5.10 Å². The Labute approximate surface area is 122 Å². The predicted molar refractivity (Wildman–Crippen MR) is 78.6 cm³/mol. The van der Waals surface area contributed by atoms with Gasteiger partial charge in [0.1, 0.15) is 17.9 Å². The van der Waals surface area contributed by atoms with E-state index in [4.69, 9.17) is 0 Å². The van der Waals surface area contributed by atoms with Gasteiger partial charge in [-0.05, 0) is 39.3 Å². The number of carbonyl (C=O) groups excluding carboxylic acids is 1. The van der Waals surface area contributed by atoms with Gasteiger partial charge in [0.25, 0.3) is 0 Å². The minimum Gasteiger partial charge on any atom is -0.292 e. The first kappa shape index (κ1) is 14.9. The fourth-order valence-corrected chi connectivity index (χ4v) is 2.36. The van der Waals surface area contributed by atoms with Crippen LogP contribution in [0.4, 0.5) is 5.69 Å². The molecule has 1 aromatic heterocycles. The average Bonchev–Trinajstić information content (AvgIpc) is 2.67. The molecule has 0 aliphatic heterocycles. The lowest BCUT2D eigenvalue weighted by Gasteiger charge is -2.07. The molecule has 0 aliphatic rings. The zero-order valence-electron chi connectivity index (χ0n) is 12.5. The van der Waals surface area contributed by atoms with Gasteiger partial charge in [0.05, 0.1) is 4.92 Å². The second-order valence-electron chi connectivity index (χ2n) is 5.18. The molecule has 0 radical (unpaired) electrons. The molecule has 2 aromatic rings. The second kappa shape index (κ2) is 5.47. The highest BCUT2D eigenvalue weighted by Gasteiger charge is 2.23. The molecular formula is C15H17N3O3. The molecule has 0 saturated heterocycles. The van der Waals surface area contributed by atoms with E-state index in [0.29, 0.717) is 17.0 Å². The van der Waals surface area contributed by atoms with E-state index in [9.17, 15) is 14.9 Å². The van der Waals surface area contributed by atoms with Crippen LogP contribution in [0.25, 0.3) is 0 Å². The van der Waals surface area contributed by atoms with E-state index in [1.165, 1.54) is 4.68 Å². The highest BCUT2D eigenvalue weighted by atomic mass is 16.6. The summed E-state index contributed by atoms with van der Waals surface area (Å²) in [7, 11) is 0. The molecule has 1 heterocycles. The lowest BCUT2D eigenvalue weighted by atomic mass is 10.0. The summed E-state index contributed by atoms with van der Waals surface area (Å²) in [5, 5.41) is 15.1. The summed E-state index contributed by atoms with van der Waals surface area (Å²) in [6.45, 7) is 6.98. The number of benzene rings is 1. The number of hydrogen-bond donors (Lipinski definition) is 0. The summed E-state index contributed by atoms with van der Waals surface area (Å²) in [5.74, 6) is -0.100. The maximum absolute atomic E-state index is 12.4. The van der Waals surface area contributed by atoms with Crippen LogP contribution < -0.4 is 0 Å². The van der Waals surface area contributed by atoms with E-state index in [1.54, 1.807) is 13.8 Å². The molecule has 6 nitrogen and oxygen atoms in total. The van der Waals surface area contributed by atoms with Gasteiger partial charge < -0.3 is 0 Å². The quantitative estimate of drug-likeness (QED) is 0.492. The van der Waals surface area contributed by atoms with Gasteiger partial charge in [-0.1, -0.05) is 17.7 Å². The molecule has 0 unspecified atom stereocenters. The van der Waals surface area contributed by atoms with Crippen LogP contribution in [-0.4, -0.2) is 20.5 Å². The molecule has 0 atom stereocenters. The van der Waals surface area contributed by atoms with Gasteiger partial charge in [-0.25, -0.2) is 0 Å². The molecular weight excluding hydrogens is 270 g/mol. The summed E-state index contributed by atoms with van der Waals surface area (Å²) in [6, 6.07) is 5.67. The summed E-state index contributed by atoms with van der Waals surface area (Å²) >= 11 is 0. The molecule has 0 saturated carbocycles. The Kier molecular flexibility index (Phi) is 3.88. The third-order valence-corrected chi connectivity index (χ3v) is 3.51. The standard InChI is InChI=1S/C15H17N3O3/c1-9-5-6-10(2)13(7-9)14(19)8-17-12(4)15(18(20)21)11(3)16-17/h5-7H,8H2,1-4H3. The minimum absolute atomic E-state index is 0.00477. The Bertz CT molecular complexity index is 732. The Balaban J connectivity index is 2.34. The van der Waals surface area contributed by atoms with Crippen LogP contribution in [0.15, 0.2) is 18.2 Å². The second-order valence-corrected chi connectivity index (χ2v) is 5.18. The molecule has 0 N–H and O–H groups in total. The predicted octanol–water partition coefficient (Wildman–Crippen LogP) is 2.91. The largest absolute Gasteiger partial charge is 0.312 e. The SMILES string of the molecule is Cc1ccc(C)c(C(=O)Cn2nc(C)c([N+](=O)[O-])c2C)c1. The number of aromatic nitrogens is 2. The third kappa shape index (κ3) is 2.84. The molecule has 6 heteroatoms. The van der Waals surface area contributed by atoms with E-state index >= 15 is 0 Å². The molecule has 1 aromatic carbocycles. The Morgan fingerprint density at radius 2 is 1.95 bits per heavy atom. The number of rotatable bonds is 4. The van der Waals surface area contributed by atoms with Crippen LogP contribution in [0.5, 0.6) is 0 Å². The van der Waals surface area contributed by atoms with Gasteiger partial charge in [0, 0.05) is 5.56 Å². The maximum atomic E-state index is 12.4. The topological polar surface area (TPSA) is 78.0 Å². The van der Waals surface area contributed by atoms with Crippen LogP contribution in [0.3, 0.4) is 0 Å². The van der Waals surface area contributed by atoms with E-state index in [1.807, 2.05) is 32.0 Å². The fourth-order valence-electron chi connectivity index (χ4n) is 2.36. The van der Waals surface area contributed by atoms with Crippen molar-refractivity contribution in [1.29, 1.82) is 0 Å². The molecule has 110 valence electrons. The van der Waals surface area contributed by atoms with E-state index in [2.05, 4.69) is 5.10 Å². The normalized spacial score (nSPS) is 10.7. The molecule has 0 aliphatic carbocycles. The summed E-state index contributed by atoms with van der Waals surface area (Å²) in [6.07, 6.45) is 0. The first-order valence-corrected chi connectivity index (χ1v) is 6.60. The molecule has 0 fully saturated rings. The molecule has 21 heavy (non-hydrogen) atoms. The van der Waals surface area contributed by atoms with Crippen LogP contribution in [0.2, 0.25) is 0 Å². The molecule has 0 amide bonds. The van der Waals surface area contributed by atoms with E-state index in [0.717, 1.165) is 11.1 Å². The zero-order chi connectivity index (χ0) is 15.7. The number of nitro groups is 1. The van der Waals surface area contributed by atoms with Crippen LogP contribution >= 0.6 is 0 Å². The molecule has 0 bridgehead atoms. The summed E-state index contributed by atoms with van der Waals surface area (Å²) in [4.78, 5) is 22.9. The van der Waals surface area contributed by atoms with Gasteiger partial charge in [-0.3, -0.25) is 19.6 Å². The number of ketones is 1. The van der Waals surface area contributed by atoms with Gasteiger partial charge >= 0.3 is 5.69 Å². The van der Waals surface area contributed by atoms with E-state index < -0.39 is 4.92 Å².